The van der Waals surface area contributed by atoms with Gasteiger partial charge in [-0.2, -0.15) is 5.11 Å². The molecule has 0 bridgehead atoms. The summed E-state index contributed by atoms with van der Waals surface area (Å²) in [5.41, 5.74) is 5.42. The third-order valence-corrected chi connectivity index (χ3v) is 4.39. The number of nitrogens with zero attached hydrogens (tertiary/aromatic N) is 2. The molecule has 4 N–H and O–H groups in total. The van der Waals surface area contributed by atoms with Crippen LogP contribution in [0.4, 0.5) is 0 Å². The molecule has 38 heavy (non-hydrogen) atoms. The minimum absolute atomic E-state index is 0.0358. The predicted octanol–water partition coefficient (Wildman–Crippen LogP) is 5.84. The summed E-state index contributed by atoms with van der Waals surface area (Å²) in [7, 11) is 0. The van der Waals surface area contributed by atoms with Gasteiger partial charge in [0.2, 0.25) is 11.8 Å². The zero-order valence-corrected chi connectivity index (χ0v) is 28.0. The Morgan fingerprint density at radius 1 is 0.553 bits per heavy atom. The maximum atomic E-state index is 10.9. The van der Waals surface area contributed by atoms with Crippen LogP contribution in [-0.2, 0) is 14.4 Å². The number of azo groups is 1. The molecule has 0 unspecified atom stereocenters. The van der Waals surface area contributed by atoms with Crippen molar-refractivity contribution < 1.29 is 14.4 Å². The van der Waals surface area contributed by atoms with Gasteiger partial charge in [-0.05, 0) is 55.4 Å². The maximum absolute atomic E-state index is 10.9. The minimum Gasteiger partial charge on any atom is -0.377 e. The predicted molar refractivity (Wildman–Crippen MR) is 165 cm³/mol. The maximum Gasteiger partial charge on any atom is 0.266 e. The third kappa shape index (κ3) is 36.2. The number of rotatable bonds is 9. The molecule has 0 heterocycles. The first-order valence-electron chi connectivity index (χ1n) is 13.8. The lowest BCUT2D eigenvalue weighted by molar-refractivity contribution is -0.125. The normalized spacial score (nSPS) is 10.8. The lowest BCUT2D eigenvalue weighted by Gasteiger charge is -2.13. The van der Waals surface area contributed by atoms with E-state index in [1.807, 2.05) is 83.1 Å². The highest BCUT2D eigenvalue weighted by atomic mass is 32.1. The Morgan fingerprint density at radius 2 is 0.974 bits per heavy atom. The molecule has 0 atom stereocenters. The number of hydrogen-bond acceptors (Lipinski definition) is 6. The van der Waals surface area contributed by atoms with Crippen LogP contribution < -0.4 is 21.5 Å². The molecule has 10 heteroatoms. The molecule has 0 saturated heterocycles. The molecule has 0 aromatic carbocycles. The summed E-state index contributed by atoms with van der Waals surface area (Å²) in [5.74, 6) is 0.607. The van der Waals surface area contributed by atoms with Crippen LogP contribution in [0, 0.1) is 23.7 Å². The van der Waals surface area contributed by atoms with Gasteiger partial charge in [-0.25, -0.2) is 5.43 Å². The minimum atomic E-state index is -0.145. The van der Waals surface area contributed by atoms with Crippen molar-refractivity contribution in [3.8, 4) is 0 Å². The lowest BCUT2D eigenvalue weighted by atomic mass is 10.2. The summed E-state index contributed by atoms with van der Waals surface area (Å²) >= 11 is 5.04. The van der Waals surface area contributed by atoms with Crippen molar-refractivity contribution in [3.63, 3.8) is 0 Å². The largest absolute Gasteiger partial charge is 0.377 e. The quantitative estimate of drug-likeness (QED) is 0.160. The molecular weight excluding hydrogens is 500 g/mol. The van der Waals surface area contributed by atoms with Crippen LogP contribution in [0.5, 0.6) is 0 Å². The molecular formula is C28H60N6O3S. The van der Waals surface area contributed by atoms with Gasteiger partial charge in [-0.3, -0.25) is 19.8 Å². The summed E-state index contributed by atoms with van der Waals surface area (Å²) < 4.78 is 0. The molecule has 0 spiro atoms. The van der Waals surface area contributed by atoms with Gasteiger partial charge >= 0.3 is 0 Å². The van der Waals surface area contributed by atoms with E-state index in [9.17, 15) is 14.4 Å². The smallest absolute Gasteiger partial charge is 0.266 e. The van der Waals surface area contributed by atoms with Gasteiger partial charge in [0, 0.05) is 41.8 Å². The van der Waals surface area contributed by atoms with Crippen LogP contribution in [0.1, 0.15) is 111 Å². The zero-order chi connectivity index (χ0) is 31.2. The summed E-state index contributed by atoms with van der Waals surface area (Å²) in [6.45, 7) is 31.1. The van der Waals surface area contributed by atoms with E-state index in [0.717, 1.165) is 4.99 Å². The average molecular weight is 561 g/mol. The molecule has 0 radical (unpaired) electrons. The fraction of sp³-hybridized carbons (Fsp3) is 0.857. The van der Waals surface area contributed by atoms with Crippen molar-refractivity contribution in [1.82, 2.24) is 21.5 Å². The Morgan fingerprint density at radius 3 is 1.18 bits per heavy atom. The standard InChI is InChI=1S/C7H16N2O.C7H14N2O.C7H15NO.C7H15NS/c2*1-5(2)7(10)9-8-6(3)4;2*1-5(2)7(9)8-6(3)4/h5-6,8H,1-4H3,(H,9,10);5-6H,1-4H3;2*5-6H,1-4H3,(H,8,9). The van der Waals surface area contributed by atoms with Crippen LogP contribution in [0.25, 0.3) is 0 Å². The fourth-order valence-electron chi connectivity index (χ4n) is 1.55. The molecule has 0 saturated carbocycles. The van der Waals surface area contributed by atoms with Crippen molar-refractivity contribution in [2.75, 3.05) is 0 Å². The number of amides is 3. The highest BCUT2D eigenvalue weighted by molar-refractivity contribution is 7.80. The summed E-state index contributed by atoms with van der Waals surface area (Å²) in [6, 6.07) is 1.14. The first kappa shape index (κ1) is 43.1. The van der Waals surface area contributed by atoms with Crippen LogP contribution in [0.15, 0.2) is 10.2 Å². The molecule has 0 aromatic rings. The van der Waals surface area contributed by atoms with E-state index in [2.05, 4.69) is 59.4 Å². The Labute approximate surface area is 239 Å². The highest BCUT2D eigenvalue weighted by Gasteiger charge is 2.07. The van der Waals surface area contributed by atoms with Gasteiger partial charge in [0.25, 0.3) is 5.91 Å². The number of carbonyl (C=O) groups excluding carboxylic acids is 3. The Hall–Kier alpha value is -1.94. The molecule has 0 rings (SSSR count). The van der Waals surface area contributed by atoms with Crippen molar-refractivity contribution in [1.29, 1.82) is 0 Å². The first-order valence-corrected chi connectivity index (χ1v) is 14.2. The molecule has 0 aliphatic rings. The van der Waals surface area contributed by atoms with Crippen molar-refractivity contribution >= 4 is 34.9 Å². The number of hydrazine groups is 1. The first-order chi connectivity index (χ1) is 17.1. The Kier molecular flexibility index (Phi) is 28.8. The van der Waals surface area contributed by atoms with Gasteiger partial charge in [-0.1, -0.05) is 67.6 Å². The van der Waals surface area contributed by atoms with Crippen LogP contribution in [0.2, 0.25) is 0 Å². The van der Waals surface area contributed by atoms with E-state index in [-0.39, 0.29) is 47.6 Å². The highest BCUT2D eigenvalue weighted by Crippen LogP contribution is 1.97. The average Bonchev–Trinajstić information content (AvgIpc) is 2.75. The van der Waals surface area contributed by atoms with Crippen LogP contribution >= 0.6 is 12.2 Å². The molecule has 0 aromatic heterocycles. The van der Waals surface area contributed by atoms with Gasteiger partial charge in [0.05, 0.1) is 11.0 Å². The number of hydrogen-bond donors (Lipinski definition) is 4. The van der Waals surface area contributed by atoms with Crippen molar-refractivity contribution in [3.05, 3.63) is 0 Å². The van der Waals surface area contributed by atoms with Gasteiger partial charge in [-0.15, -0.1) is 5.11 Å². The number of thiocarbonyl (C=S) groups is 1. The van der Waals surface area contributed by atoms with Crippen LogP contribution in [0.3, 0.4) is 0 Å². The van der Waals surface area contributed by atoms with Gasteiger partial charge < -0.3 is 10.6 Å². The monoisotopic (exact) mass is 560 g/mol. The number of carbonyl (C=O) groups is 3. The second kappa shape index (κ2) is 25.3. The molecule has 0 fully saturated rings. The molecule has 0 aliphatic heterocycles. The Bertz CT molecular complexity index is 648. The van der Waals surface area contributed by atoms with E-state index >= 15 is 0 Å². The summed E-state index contributed by atoms with van der Waals surface area (Å²) in [5, 5.41) is 13.2. The van der Waals surface area contributed by atoms with Crippen molar-refractivity contribution in [2.24, 2.45) is 33.9 Å². The van der Waals surface area contributed by atoms with E-state index in [0.29, 0.717) is 18.0 Å². The fourth-order valence-corrected chi connectivity index (χ4v) is 1.79. The second-order valence-electron chi connectivity index (χ2n) is 11.4. The topological polar surface area (TPSA) is 124 Å². The third-order valence-electron chi connectivity index (χ3n) is 3.80. The van der Waals surface area contributed by atoms with E-state index in [1.165, 1.54) is 0 Å². The van der Waals surface area contributed by atoms with Crippen LogP contribution in [-0.4, -0.2) is 46.9 Å². The Balaban J connectivity index is -0.000000203. The lowest BCUT2D eigenvalue weighted by Crippen LogP contribution is -2.43. The molecule has 0 aliphatic carbocycles. The number of nitrogens with one attached hydrogen (secondary N) is 4. The summed E-state index contributed by atoms with van der Waals surface area (Å²) in [4.78, 5) is 33.5. The van der Waals surface area contributed by atoms with E-state index in [1.54, 1.807) is 0 Å². The zero-order valence-electron chi connectivity index (χ0n) is 27.1. The van der Waals surface area contributed by atoms with E-state index in [4.69, 9.17) is 12.2 Å². The molecule has 226 valence electrons. The molecule has 9 nitrogen and oxygen atoms in total. The summed E-state index contributed by atoms with van der Waals surface area (Å²) in [6.07, 6.45) is 0. The SMILES string of the molecule is CC(C)N=NC(=O)C(C)C.CC(C)NC(=O)C(C)C.CC(C)NC(=S)C(C)C.CC(C)NNC(=O)C(C)C. The molecule has 3 amide bonds. The van der Waals surface area contributed by atoms with Gasteiger partial charge in [0.1, 0.15) is 0 Å². The van der Waals surface area contributed by atoms with Crippen molar-refractivity contribution in [2.45, 2.75) is 135 Å². The second-order valence-corrected chi connectivity index (χ2v) is 11.8. The van der Waals surface area contributed by atoms with E-state index < -0.39 is 0 Å². The van der Waals surface area contributed by atoms with Gasteiger partial charge in [0.15, 0.2) is 0 Å².